The summed E-state index contributed by atoms with van der Waals surface area (Å²) >= 11 is 0. The molecule has 3 aliphatic heterocycles. The monoisotopic (exact) mass is 755 g/mol. The van der Waals surface area contributed by atoms with Crippen molar-refractivity contribution in [1.29, 1.82) is 0 Å². The van der Waals surface area contributed by atoms with Crippen molar-refractivity contribution in [3.63, 3.8) is 0 Å². The number of benzene rings is 1. The third kappa shape index (κ3) is 7.72. The number of rotatable bonds is 2. The Kier molecular flexibility index (Phi) is 12.3. The van der Waals surface area contributed by atoms with Gasteiger partial charge in [-0.2, -0.15) is 0 Å². The predicted octanol–water partition coefficient (Wildman–Crippen LogP) is 3.02. The molecule has 15 heteroatoms. The van der Waals surface area contributed by atoms with Gasteiger partial charge in [0.25, 0.3) is 5.91 Å². The number of aromatic hydroxyl groups is 1. The zero-order chi connectivity index (χ0) is 40.7. The number of aliphatic hydroxyl groups is 5. The molecule has 1 aliphatic carbocycles. The van der Waals surface area contributed by atoms with E-state index in [9.17, 15) is 54.9 Å². The van der Waals surface area contributed by atoms with E-state index in [1.807, 2.05) is 0 Å². The number of nitrogens with one attached hydrogen (secondary N) is 1. The molecule has 0 aromatic heterocycles. The average Bonchev–Trinajstić information content (AvgIpc) is 3.10. The number of ether oxygens (including phenoxy) is 3. The van der Waals surface area contributed by atoms with Crippen LogP contribution in [-0.4, -0.2) is 96.2 Å². The Morgan fingerprint density at radius 2 is 1.50 bits per heavy atom. The Bertz CT molecular complexity index is 1900. The summed E-state index contributed by atoms with van der Waals surface area (Å²) in [5.41, 5.74) is -2.51. The lowest BCUT2D eigenvalue weighted by atomic mass is 9.75. The molecule has 1 amide bonds. The number of phenolic OH excluding ortho intramolecular Hbond substituents is 1. The lowest BCUT2D eigenvalue weighted by molar-refractivity contribution is -0.164. The largest absolute Gasteiger partial charge is 0.505 e. The maximum absolute atomic E-state index is 13.9. The van der Waals surface area contributed by atoms with E-state index in [1.54, 1.807) is 6.92 Å². The summed E-state index contributed by atoms with van der Waals surface area (Å²) in [6.07, 6.45) is -1.38. The topological polar surface area (TPSA) is 250 Å². The van der Waals surface area contributed by atoms with E-state index in [1.165, 1.54) is 72.8 Å². The van der Waals surface area contributed by atoms with Gasteiger partial charge in [0.05, 0.1) is 41.2 Å². The molecule has 0 radical (unpaired) electrons. The molecule has 4 aliphatic rings. The number of Topliss-reactive ketones (excluding diaryl/α,β-unsaturated/α-hetero) is 1. The minimum absolute atomic E-state index is 0.00868. The summed E-state index contributed by atoms with van der Waals surface area (Å²) in [6.45, 7) is 12.0. The van der Waals surface area contributed by atoms with Crippen molar-refractivity contribution in [3.05, 3.63) is 69.2 Å². The van der Waals surface area contributed by atoms with Crippen molar-refractivity contribution >= 4 is 34.9 Å². The van der Waals surface area contributed by atoms with Gasteiger partial charge in [0.2, 0.25) is 6.79 Å². The minimum atomic E-state index is -2.21. The quantitative estimate of drug-likeness (QED) is 0.123. The number of carboxylic acid groups (broad SMARTS) is 1. The van der Waals surface area contributed by atoms with Gasteiger partial charge in [-0.1, -0.05) is 39.0 Å². The second-order valence-electron chi connectivity index (χ2n) is 14.5. The minimum Gasteiger partial charge on any atom is -0.505 e. The Labute approximate surface area is 312 Å². The number of esters is 1. The first-order valence-corrected chi connectivity index (χ1v) is 17.4. The van der Waals surface area contributed by atoms with E-state index >= 15 is 0 Å². The summed E-state index contributed by atoms with van der Waals surface area (Å²) in [5.74, 6) is -9.80. The number of anilines is 1. The lowest BCUT2D eigenvalue weighted by Gasteiger charge is -2.38. The molecule has 54 heavy (non-hydrogen) atoms. The van der Waals surface area contributed by atoms with E-state index in [-0.39, 0.29) is 61.9 Å². The number of allylic oxidation sites excluding steroid dienone is 5. The molecule has 0 spiro atoms. The molecule has 0 saturated heterocycles. The van der Waals surface area contributed by atoms with E-state index < -0.39 is 89.9 Å². The highest BCUT2D eigenvalue weighted by Crippen LogP contribution is 2.53. The van der Waals surface area contributed by atoms with Crippen molar-refractivity contribution in [2.75, 3.05) is 12.1 Å². The van der Waals surface area contributed by atoms with E-state index in [0.717, 1.165) is 6.92 Å². The summed E-state index contributed by atoms with van der Waals surface area (Å²) in [7, 11) is 0. The molecular formula is C39H49NO14. The number of carbonyl (C=O) groups is 4. The third-order valence-electron chi connectivity index (χ3n) is 10.4. The van der Waals surface area contributed by atoms with Crippen LogP contribution in [-0.2, 0) is 23.9 Å². The standard InChI is InChI=1S/C39H49NO14/c1-15-11-10-12-16(2)37(48)40-27-18(4)35(54-22(8)41)23-24(32(27)46)30(44)20(6)34-25(23)33(52-14-53-34)17(3)13-39(9,51)36(47)21(7)31(45)26(38(49)50)29(43)19(5)28(15)42/h10-13,15,19,21,26,28-29,31,36,42-43,45-47,51H,14H2,1-9H3,(H,40,48)(H,49,50)/b11-10-,16-12+,17-13+/t15-,19-,21+,26-,28?,29-,31-,36-,39-/m1/s1. The van der Waals surface area contributed by atoms with Gasteiger partial charge in [-0.3, -0.25) is 19.2 Å². The van der Waals surface area contributed by atoms with Gasteiger partial charge in [-0.15, -0.1) is 0 Å². The van der Waals surface area contributed by atoms with Gasteiger partial charge in [0, 0.05) is 47.0 Å². The van der Waals surface area contributed by atoms with Crippen molar-refractivity contribution in [3.8, 4) is 11.5 Å². The van der Waals surface area contributed by atoms with Crippen molar-refractivity contribution in [2.45, 2.75) is 92.3 Å². The first kappa shape index (κ1) is 41.9. The van der Waals surface area contributed by atoms with E-state index in [0.29, 0.717) is 0 Å². The molecule has 0 fully saturated rings. The van der Waals surface area contributed by atoms with Crippen LogP contribution >= 0.6 is 0 Å². The average molecular weight is 756 g/mol. The number of phenols is 1. The van der Waals surface area contributed by atoms with Crippen LogP contribution in [0, 0.1) is 30.6 Å². The number of carboxylic acids is 1. The second-order valence-corrected chi connectivity index (χ2v) is 14.5. The summed E-state index contributed by atoms with van der Waals surface area (Å²) < 4.78 is 17.3. The highest BCUT2D eigenvalue weighted by molar-refractivity contribution is 6.21. The highest BCUT2D eigenvalue weighted by Gasteiger charge is 2.47. The van der Waals surface area contributed by atoms with Crippen molar-refractivity contribution in [2.24, 2.45) is 23.7 Å². The molecule has 294 valence electrons. The Morgan fingerprint density at radius 1 is 0.907 bits per heavy atom. The number of hydrogen-bond donors (Lipinski definition) is 8. The Hall–Kier alpha value is -4.80. The van der Waals surface area contributed by atoms with Gasteiger partial charge in [0.1, 0.15) is 28.8 Å². The molecule has 4 bridgehead atoms. The first-order chi connectivity index (χ1) is 25.0. The molecular weight excluding hydrogens is 706 g/mol. The fraction of sp³-hybridized carbons (Fsp3) is 0.487. The van der Waals surface area contributed by atoms with Crippen LogP contribution in [0.25, 0.3) is 5.57 Å². The van der Waals surface area contributed by atoms with Gasteiger partial charge in [-0.25, -0.2) is 0 Å². The maximum atomic E-state index is 13.9. The summed E-state index contributed by atoms with van der Waals surface area (Å²) in [5, 5.41) is 81.1. The predicted molar refractivity (Wildman–Crippen MR) is 194 cm³/mol. The molecule has 0 saturated carbocycles. The fourth-order valence-electron chi connectivity index (χ4n) is 7.15. The fourth-order valence-corrected chi connectivity index (χ4v) is 7.15. The number of aliphatic carboxylic acids is 1. The SMILES string of the molecule is CC(=O)Oc1c(C)c2c(O)c3c1C1=C(OCOC1=C(C)C3=O)/C(C)=C/[C@@](C)(O)[C@H](O)[C@@H](C)[C@@H](O)[C@H](C(=O)O)[C@H](O)[C@H](C)C(O)[C@H](C)/C=C\C=C(/C)C(=O)N2. The molecule has 1 unspecified atom stereocenters. The maximum Gasteiger partial charge on any atom is 0.311 e. The number of aliphatic hydroxyl groups excluding tert-OH is 4. The molecule has 9 atom stereocenters. The van der Waals surface area contributed by atoms with Crippen LogP contribution in [0.2, 0.25) is 0 Å². The smallest absolute Gasteiger partial charge is 0.311 e. The Balaban J connectivity index is 2.07. The molecule has 15 nitrogen and oxygen atoms in total. The molecule has 8 N–H and O–H groups in total. The van der Waals surface area contributed by atoms with Crippen molar-refractivity contribution < 1.29 is 69.1 Å². The summed E-state index contributed by atoms with van der Waals surface area (Å²) in [6, 6.07) is 0. The first-order valence-electron chi connectivity index (χ1n) is 17.4. The molecule has 3 heterocycles. The van der Waals surface area contributed by atoms with Crippen LogP contribution in [0.5, 0.6) is 11.5 Å². The van der Waals surface area contributed by atoms with Crippen LogP contribution < -0.4 is 10.1 Å². The highest BCUT2D eigenvalue weighted by atomic mass is 16.7. The number of fused-ring (bicyclic) bond motifs is 14. The molecule has 1 aromatic carbocycles. The molecule has 5 rings (SSSR count). The van der Waals surface area contributed by atoms with Gasteiger partial charge >= 0.3 is 11.9 Å². The molecule has 1 aromatic rings. The number of amides is 1. The van der Waals surface area contributed by atoms with Crippen molar-refractivity contribution in [1.82, 2.24) is 0 Å². The van der Waals surface area contributed by atoms with Crippen LogP contribution in [0.15, 0.2) is 52.5 Å². The van der Waals surface area contributed by atoms with E-state index in [2.05, 4.69) is 5.32 Å². The van der Waals surface area contributed by atoms with Crippen LogP contribution in [0.1, 0.15) is 76.9 Å². The zero-order valence-corrected chi connectivity index (χ0v) is 31.6. The number of ketones is 1. The second kappa shape index (κ2) is 15.9. The zero-order valence-electron chi connectivity index (χ0n) is 31.6. The van der Waals surface area contributed by atoms with Crippen LogP contribution in [0.4, 0.5) is 5.69 Å². The normalized spacial score (nSPS) is 33.7. The van der Waals surface area contributed by atoms with Gasteiger partial charge in [-0.05, 0) is 46.3 Å². The third-order valence-corrected chi connectivity index (χ3v) is 10.4. The summed E-state index contributed by atoms with van der Waals surface area (Å²) in [4.78, 5) is 52.3. The number of carbonyl (C=O) groups excluding carboxylic acids is 3. The van der Waals surface area contributed by atoms with Gasteiger partial charge in [0.15, 0.2) is 11.5 Å². The lowest BCUT2D eigenvalue weighted by Crippen LogP contribution is -2.53. The Morgan fingerprint density at radius 3 is 2.09 bits per heavy atom. The van der Waals surface area contributed by atoms with Gasteiger partial charge < -0.3 is 55.3 Å². The van der Waals surface area contributed by atoms with E-state index in [4.69, 9.17) is 14.2 Å². The van der Waals surface area contributed by atoms with Crippen LogP contribution in [0.3, 0.4) is 0 Å². The number of hydrogen-bond acceptors (Lipinski definition) is 13.